The van der Waals surface area contributed by atoms with Crippen molar-refractivity contribution in [2.24, 2.45) is 9.54 Å². The molecule has 54 valence electrons. The highest BCUT2D eigenvalue weighted by Gasteiger charge is 2.02. The van der Waals surface area contributed by atoms with Gasteiger partial charge in [-0.2, -0.15) is 0 Å². The van der Waals surface area contributed by atoms with Crippen molar-refractivity contribution < 1.29 is 5.11 Å². The summed E-state index contributed by atoms with van der Waals surface area (Å²) in [4.78, 5) is 0. The maximum atomic E-state index is 9.06. The van der Waals surface area contributed by atoms with Gasteiger partial charge < -0.3 is 5.11 Å². The Hall–Kier alpha value is -0.0600. The minimum absolute atomic E-state index is 0.430. The van der Waals surface area contributed by atoms with E-state index in [9.17, 15) is 0 Å². The highest BCUT2D eigenvalue weighted by Crippen LogP contribution is 1.97. The van der Waals surface area contributed by atoms with E-state index in [2.05, 4.69) is 4.40 Å². The molecule has 0 aromatic rings. The maximum absolute atomic E-state index is 9.06. The van der Waals surface area contributed by atoms with Crippen molar-refractivity contribution in [2.75, 3.05) is 0 Å². The lowest BCUT2D eigenvalue weighted by atomic mass is 10.2. The molecule has 0 aromatic heterocycles. The zero-order chi connectivity index (χ0) is 7.28. The lowest BCUT2D eigenvalue weighted by Crippen LogP contribution is -2.15. The standard InChI is InChI=1S/C5H12N2OS/c1-3-5(8)4(2)7-9-6/h5,8H,3,6H2,1-2H3. The lowest BCUT2D eigenvalue weighted by Gasteiger charge is -2.03. The first-order valence-corrected chi connectivity index (χ1v) is 3.64. The molecule has 0 saturated heterocycles. The van der Waals surface area contributed by atoms with Gasteiger partial charge in [-0.1, -0.05) is 6.92 Å². The summed E-state index contributed by atoms with van der Waals surface area (Å²) in [5, 5.41) is 14.1. The fourth-order valence-corrected chi connectivity index (χ4v) is 0.727. The van der Waals surface area contributed by atoms with Gasteiger partial charge in [-0.15, -0.1) is 0 Å². The Morgan fingerprint density at radius 2 is 2.44 bits per heavy atom. The Balaban J connectivity index is 3.70. The first kappa shape index (κ1) is 8.94. The Labute approximate surface area is 59.6 Å². The van der Waals surface area contributed by atoms with Gasteiger partial charge in [0.15, 0.2) is 0 Å². The number of aliphatic hydroxyl groups excluding tert-OH is 1. The summed E-state index contributed by atoms with van der Waals surface area (Å²) in [5.41, 5.74) is 0.685. The van der Waals surface area contributed by atoms with Crippen LogP contribution in [0.2, 0.25) is 0 Å². The molecule has 0 aliphatic rings. The van der Waals surface area contributed by atoms with Crippen molar-refractivity contribution in [1.29, 1.82) is 0 Å². The Morgan fingerprint density at radius 1 is 1.89 bits per heavy atom. The summed E-state index contributed by atoms with van der Waals surface area (Å²) in [5.74, 6) is 0. The highest BCUT2D eigenvalue weighted by molar-refractivity contribution is 7.95. The summed E-state index contributed by atoms with van der Waals surface area (Å²) in [6.45, 7) is 3.65. The average molecular weight is 148 g/mol. The summed E-state index contributed by atoms with van der Waals surface area (Å²) in [6, 6.07) is 0. The fourth-order valence-electron chi connectivity index (χ4n) is 0.439. The maximum Gasteiger partial charge on any atom is 0.0922 e. The largest absolute Gasteiger partial charge is 0.387 e. The smallest absolute Gasteiger partial charge is 0.0922 e. The van der Waals surface area contributed by atoms with Crippen molar-refractivity contribution in [1.82, 2.24) is 0 Å². The zero-order valence-electron chi connectivity index (χ0n) is 5.66. The van der Waals surface area contributed by atoms with Crippen LogP contribution in [0.3, 0.4) is 0 Å². The molecule has 4 heteroatoms. The molecule has 3 N–H and O–H groups in total. The normalized spacial score (nSPS) is 15.8. The molecule has 0 aliphatic carbocycles. The van der Waals surface area contributed by atoms with Crippen LogP contribution in [0.5, 0.6) is 0 Å². The minimum atomic E-state index is -0.430. The Bertz CT molecular complexity index is 105. The molecule has 0 heterocycles. The van der Waals surface area contributed by atoms with Gasteiger partial charge in [-0.25, -0.2) is 4.40 Å². The Kier molecular flexibility index (Phi) is 4.75. The van der Waals surface area contributed by atoms with Crippen LogP contribution < -0.4 is 5.14 Å². The molecule has 3 nitrogen and oxygen atoms in total. The molecule has 0 fully saturated rings. The molecule has 1 unspecified atom stereocenters. The van der Waals surface area contributed by atoms with E-state index in [0.717, 1.165) is 12.1 Å². The summed E-state index contributed by atoms with van der Waals surface area (Å²) >= 11 is 0.881. The third-order valence-electron chi connectivity index (χ3n) is 1.07. The van der Waals surface area contributed by atoms with E-state index in [1.54, 1.807) is 6.92 Å². The van der Waals surface area contributed by atoms with E-state index in [4.69, 9.17) is 10.2 Å². The summed E-state index contributed by atoms with van der Waals surface area (Å²) in [7, 11) is 0. The summed E-state index contributed by atoms with van der Waals surface area (Å²) in [6.07, 6.45) is 0.261. The molecule has 0 spiro atoms. The summed E-state index contributed by atoms with van der Waals surface area (Å²) < 4.78 is 3.76. The number of aliphatic hydroxyl groups is 1. The van der Waals surface area contributed by atoms with Gasteiger partial charge >= 0.3 is 0 Å². The van der Waals surface area contributed by atoms with Crippen LogP contribution in [-0.4, -0.2) is 16.9 Å². The van der Waals surface area contributed by atoms with Gasteiger partial charge in [0, 0.05) is 0 Å². The highest BCUT2D eigenvalue weighted by atomic mass is 32.2. The van der Waals surface area contributed by atoms with Crippen molar-refractivity contribution in [3.63, 3.8) is 0 Å². The molecule has 1 atom stereocenters. The predicted molar refractivity (Wildman–Crippen MR) is 41.2 cm³/mol. The molecule has 0 rings (SSSR count). The topological polar surface area (TPSA) is 58.6 Å². The number of hydrogen-bond acceptors (Lipinski definition) is 4. The molecule has 0 saturated carbocycles. The van der Waals surface area contributed by atoms with Crippen LogP contribution in [0.25, 0.3) is 0 Å². The second kappa shape index (κ2) is 4.78. The molecule has 0 aromatic carbocycles. The third kappa shape index (κ3) is 3.51. The van der Waals surface area contributed by atoms with Crippen molar-refractivity contribution >= 4 is 17.8 Å². The van der Waals surface area contributed by atoms with E-state index < -0.39 is 6.10 Å². The second-order valence-electron chi connectivity index (χ2n) is 1.76. The number of nitrogens with zero attached hydrogens (tertiary/aromatic N) is 1. The van der Waals surface area contributed by atoms with Crippen LogP contribution in [0, 0.1) is 0 Å². The van der Waals surface area contributed by atoms with Gasteiger partial charge in [0.2, 0.25) is 0 Å². The van der Waals surface area contributed by atoms with Crippen LogP contribution in [0.15, 0.2) is 4.40 Å². The molecule has 9 heavy (non-hydrogen) atoms. The molecule has 0 bridgehead atoms. The lowest BCUT2D eigenvalue weighted by molar-refractivity contribution is 0.237. The van der Waals surface area contributed by atoms with Crippen LogP contribution in [-0.2, 0) is 0 Å². The van der Waals surface area contributed by atoms with Gasteiger partial charge in [0.1, 0.15) is 0 Å². The number of nitrogens with two attached hydrogens (primary N) is 1. The van der Waals surface area contributed by atoms with Gasteiger partial charge in [0.05, 0.1) is 23.9 Å². The van der Waals surface area contributed by atoms with Crippen LogP contribution >= 0.6 is 12.1 Å². The Morgan fingerprint density at radius 3 is 2.78 bits per heavy atom. The first-order valence-electron chi connectivity index (χ1n) is 2.80. The molecule has 0 radical (unpaired) electrons. The minimum Gasteiger partial charge on any atom is -0.387 e. The third-order valence-corrected chi connectivity index (χ3v) is 1.46. The zero-order valence-corrected chi connectivity index (χ0v) is 6.48. The second-order valence-corrected chi connectivity index (χ2v) is 2.16. The van der Waals surface area contributed by atoms with Crippen LogP contribution in [0.4, 0.5) is 0 Å². The van der Waals surface area contributed by atoms with E-state index >= 15 is 0 Å². The van der Waals surface area contributed by atoms with Crippen molar-refractivity contribution in [3.8, 4) is 0 Å². The predicted octanol–water partition coefficient (Wildman–Crippen LogP) is 0.740. The van der Waals surface area contributed by atoms with E-state index in [1.807, 2.05) is 6.92 Å². The fraction of sp³-hybridized carbons (Fsp3) is 0.800. The van der Waals surface area contributed by atoms with Crippen LogP contribution in [0.1, 0.15) is 20.3 Å². The van der Waals surface area contributed by atoms with Gasteiger partial charge in [-0.05, 0) is 13.3 Å². The van der Waals surface area contributed by atoms with E-state index in [1.165, 1.54) is 0 Å². The van der Waals surface area contributed by atoms with Crippen molar-refractivity contribution in [3.05, 3.63) is 0 Å². The van der Waals surface area contributed by atoms with Gasteiger partial charge in [0.25, 0.3) is 0 Å². The first-order chi connectivity index (χ1) is 4.22. The number of rotatable bonds is 3. The van der Waals surface area contributed by atoms with Crippen molar-refractivity contribution in [2.45, 2.75) is 26.4 Å². The quantitative estimate of drug-likeness (QED) is 0.458. The van der Waals surface area contributed by atoms with E-state index in [-0.39, 0.29) is 0 Å². The van der Waals surface area contributed by atoms with E-state index in [0.29, 0.717) is 12.1 Å². The number of hydrogen-bond donors (Lipinski definition) is 2. The molecular formula is C5H12N2OS. The average Bonchev–Trinajstić information content (AvgIpc) is 1.87. The van der Waals surface area contributed by atoms with Gasteiger partial charge in [-0.3, -0.25) is 5.14 Å². The SMILES string of the molecule is CCC(O)C(C)=NSN. The molecule has 0 aliphatic heterocycles. The monoisotopic (exact) mass is 148 g/mol. The molecular weight excluding hydrogens is 136 g/mol. The molecule has 0 amide bonds.